The van der Waals surface area contributed by atoms with Crippen LogP contribution in [0, 0.1) is 5.92 Å². The molecular weight excluding hydrogens is 296 g/mol. The van der Waals surface area contributed by atoms with Gasteiger partial charge in [0.2, 0.25) is 5.70 Å². The maximum absolute atomic E-state index is 11.8. The second-order valence-electron chi connectivity index (χ2n) is 6.45. The van der Waals surface area contributed by atoms with Crippen molar-refractivity contribution in [1.29, 1.82) is 0 Å². The van der Waals surface area contributed by atoms with Gasteiger partial charge in [0.05, 0.1) is 6.04 Å². The van der Waals surface area contributed by atoms with Crippen molar-refractivity contribution in [2.24, 2.45) is 11.7 Å². The van der Waals surface area contributed by atoms with E-state index in [0.29, 0.717) is 18.7 Å². The molecule has 2 heterocycles. The number of nitrogens with one attached hydrogen (secondary N) is 1. The van der Waals surface area contributed by atoms with Crippen LogP contribution in [0.4, 0.5) is 4.79 Å². The number of aliphatic hydroxyl groups excluding tert-OH is 1. The third kappa shape index (κ3) is 2.80. The minimum Gasteiger partial charge on any atom is -0.369 e. The Kier molecular flexibility index (Phi) is 4.27. The van der Waals surface area contributed by atoms with E-state index < -0.39 is 12.0 Å². The van der Waals surface area contributed by atoms with Crippen molar-refractivity contribution in [2.45, 2.75) is 50.6 Å². The number of amides is 2. The predicted molar refractivity (Wildman–Crippen MR) is 85.3 cm³/mol. The molecule has 23 heavy (non-hydrogen) atoms. The van der Waals surface area contributed by atoms with E-state index in [1.54, 1.807) is 0 Å². The number of hydrogen-bond donors (Lipinski definition) is 4. The molecule has 2 fully saturated rings. The zero-order valence-corrected chi connectivity index (χ0v) is 13.4. The van der Waals surface area contributed by atoms with Crippen LogP contribution in [-0.4, -0.2) is 56.5 Å². The van der Waals surface area contributed by atoms with Gasteiger partial charge in [0, 0.05) is 19.4 Å². The predicted octanol–water partition coefficient (Wildman–Crippen LogP) is 0.0505. The molecule has 7 nitrogen and oxygen atoms in total. The molecule has 0 aromatic carbocycles. The van der Waals surface area contributed by atoms with E-state index in [9.17, 15) is 15.0 Å². The van der Waals surface area contributed by atoms with Gasteiger partial charge in [-0.05, 0) is 37.8 Å². The third-order valence-electron chi connectivity index (χ3n) is 5.01. The number of aliphatic hydroxyl groups is 2. The van der Waals surface area contributed by atoms with Crippen molar-refractivity contribution in [2.75, 3.05) is 6.54 Å². The highest BCUT2D eigenvalue weighted by atomic mass is 16.3. The first-order valence-electron chi connectivity index (χ1n) is 8.18. The van der Waals surface area contributed by atoms with Crippen LogP contribution in [-0.2, 0) is 0 Å². The Labute approximate surface area is 135 Å². The number of allylic oxidation sites excluding steroid dienone is 2. The fourth-order valence-corrected chi connectivity index (χ4v) is 3.90. The molecule has 1 saturated carbocycles. The third-order valence-corrected chi connectivity index (χ3v) is 5.01. The number of carbonyl (C=O) groups is 1. The van der Waals surface area contributed by atoms with Crippen LogP contribution in [0.5, 0.6) is 0 Å². The van der Waals surface area contributed by atoms with Crippen LogP contribution in [0.15, 0.2) is 24.0 Å². The molecule has 7 heteroatoms. The first kappa shape index (κ1) is 16.2. The number of nitrogens with two attached hydrogens (primary N) is 1. The van der Waals surface area contributed by atoms with E-state index in [0.717, 1.165) is 19.3 Å². The van der Waals surface area contributed by atoms with Gasteiger partial charge in [-0.25, -0.2) is 4.79 Å². The highest BCUT2D eigenvalue weighted by Gasteiger charge is 2.56. The zero-order chi connectivity index (χ0) is 16.6. The molecule has 4 atom stereocenters. The van der Waals surface area contributed by atoms with Crippen molar-refractivity contribution >= 4 is 12.2 Å². The summed E-state index contributed by atoms with van der Waals surface area (Å²) in [6, 6.07) is -0.391. The number of hydrogen-bond acceptors (Lipinski definition) is 4. The van der Waals surface area contributed by atoms with Crippen LogP contribution >= 0.6 is 0 Å². The largest absolute Gasteiger partial charge is 0.369 e. The molecule has 1 aliphatic carbocycles. The molecule has 0 spiro atoms. The first-order chi connectivity index (χ1) is 11.0. The quantitative estimate of drug-likeness (QED) is 0.434. The normalized spacial score (nSPS) is 36.2. The van der Waals surface area contributed by atoms with E-state index in [1.165, 1.54) is 4.90 Å². The molecule has 2 aliphatic heterocycles. The Morgan fingerprint density at radius 1 is 1.65 bits per heavy atom. The van der Waals surface area contributed by atoms with Gasteiger partial charge in [0.15, 0.2) is 24.4 Å². The highest BCUT2D eigenvalue weighted by Crippen LogP contribution is 2.42. The van der Waals surface area contributed by atoms with Gasteiger partial charge in [-0.1, -0.05) is 0 Å². The number of urea groups is 1. The number of rotatable bonds is 4. The van der Waals surface area contributed by atoms with E-state index >= 15 is 0 Å². The van der Waals surface area contributed by atoms with E-state index in [-0.39, 0.29) is 18.0 Å². The minimum absolute atomic E-state index is 0.183. The van der Waals surface area contributed by atoms with Crippen molar-refractivity contribution < 1.29 is 19.6 Å². The number of fused-ring (bicyclic) bond motifs is 1. The summed E-state index contributed by atoms with van der Waals surface area (Å²) in [5, 5.41) is 23.3. The van der Waals surface area contributed by atoms with Crippen molar-refractivity contribution in [1.82, 2.24) is 10.2 Å². The Morgan fingerprint density at radius 2 is 2.43 bits per heavy atom. The molecule has 3 aliphatic rings. The second kappa shape index (κ2) is 6.07. The summed E-state index contributed by atoms with van der Waals surface area (Å²) in [4.78, 5) is 13.4. The summed E-state index contributed by atoms with van der Waals surface area (Å²) in [6.07, 6.45) is 9.60. The van der Waals surface area contributed by atoms with Gasteiger partial charge in [-0.3, -0.25) is 10.6 Å². The topological polar surface area (TPSA) is 102 Å². The molecular formula is C16H25N4O3+. The fourth-order valence-electron chi connectivity index (χ4n) is 3.90. The van der Waals surface area contributed by atoms with Crippen LogP contribution in [0.3, 0.4) is 0 Å². The molecule has 0 radical (unpaired) electrons. The Bertz CT molecular complexity index is 584. The van der Waals surface area contributed by atoms with Gasteiger partial charge >= 0.3 is 6.03 Å². The summed E-state index contributed by atoms with van der Waals surface area (Å²) in [6.45, 7) is 2.37. The molecule has 0 aromatic rings. The van der Waals surface area contributed by atoms with Gasteiger partial charge in [0.25, 0.3) is 0 Å². The van der Waals surface area contributed by atoms with Gasteiger partial charge in [-0.15, -0.1) is 0 Å². The van der Waals surface area contributed by atoms with Crippen LogP contribution in [0.2, 0.25) is 0 Å². The highest BCUT2D eigenvalue weighted by molar-refractivity contribution is 5.78. The monoisotopic (exact) mass is 321 g/mol. The number of nitrogens with zero attached hydrogens (tertiary/aromatic N) is 2. The summed E-state index contributed by atoms with van der Waals surface area (Å²) >= 11 is 0. The second-order valence-corrected chi connectivity index (χ2v) is 6.45. The Morgan fingerprint density at radius 3 is 3.13 bits per heavy atom. The molecule has 0 aromatic heterocycles. The maximum Gasteiger partial charge on any atom is 0.320 e. The summed E-state index contributed by atoms with van der Waals surface area (Å²) in [5.41, 5.74) is 5.18. The smallest absolute Gasteiger partial charge is 0.320 e. The fraction of sp³-hybridized carbons (Fsp3) is 0.625. The lowest BCUT2D eigenvalue weighted by Crippen LogP contribution is -2.48. The lowest BCUT2D eigenvalue weighted by atomic mass is 10.0. The van der Waals surface area contributed by atoms with E-state index in [1.807, 2.05) is 36.1 Å². The summed E-state index contributed by atoms with van der Waals surface area (Å²) in [7, 11) is 0. The van der Waals surface area contributed by atoms with E-state index in [2.05, 4.69) is 5.32 Å². The van der Waals surface area contributed by atoms with Gasteiger partial charge < -0.3 is 15.5 Å². The van der Waals surface area contributed by atoms with Crippen LogP contribution in [0.25, 0.3) is 0 Å². The number of likely N-dealkylation sites (N-methyl/N-ethyl adjacent to an activating group) is 1. The van der Waals surface area contributed by atoms with E-state index in [4.69, 9.17) is 5.73 Å². The molecule has 126 valence electrons. The maximum atomic E-state index is 11.8. The van der Waals surface area contributed by atoms with Crippen molar-refractivity contribution in [3.05, 3.63) is 24.0 Å². The SMILES string of the molecule is CCN1C(=O)NC2CC(CC=[N+]3C=CCC=C3C(N)O)CC21O. The first-order valence-corrected chi connectivity index (χ1v) is 8.18. The average molecular weight is 321 g/mol. The van der Waals surface area contributed by atoms with Gasteiger partial charge in [-0.2, -0.15) is 4.58 Å². The Hall–Kier alpha value is -1.70. The molecule has 3 rings (SSSR count). The average Bonchev–Trinajstić information content (AvgIpc) is 2.93. The molecule has 2 amide bonds. The molecule has 0 bridgehead atoms. The van der Waals surface area contributed by atoms with Crippen molar-refractivity contribution in [3.8, 4) is 0 Å². The zero-order valence-electron chi connectivity index (χ0n) is 13.4. The molecule has 5 N–H and O–H groups in total. The summed E-state index contributed by atoms with van der Waals surface area (Å²) in [5.74, 6) is 0.270. The van der Waals surface area contributed by atoms with Gasteiger partial charge in [0.1, 0.15) is 0 Å². The van der Waals surface area contributed by atoms with Crippen LogP contribution < -0.4 is 11.1 Å². The minimum atomic E-state index is -1.08. The van der Waals surface area contributed by atoms with Crippen molar-refractivity contribution in [3.63, 3.8) is 0 Å². The standard InChI is InChI=1S/C16H24N4O3/c1-2-20-15(22)18-13-9-11(10-16(13,20)23)6-8-19-7-4-3-5-12(19)14(17)21/h4-5,7-8,11,13-14,21,23H,2-3,6,9-10,17H2,1H3/p+1. The summed E-state index contributed by atoms with van der Waals surface area (Å²) < 4.78 is 1.85. The number of carbonyl (C=O) groups excluding carboxylic acids is 1. The Balaban J connectivity index is 1.68. The molecule has 4 unspecified atom stereocenters. The lowest BCUT2D eigenvalue weighted by molar-refractivity contribution is -0.411. The lowest BCUT2D eigenvalue weighted by Gasteiger charge is -2.30. The molecule has 1 saturated heterocycles. The van der Waals surface area contributed by atoms with Crippen LogP contribution in [0.1, 0.15) is 32.6 Å².